The van der Waals surface area contributed by atoms with E-state index < -0.39 is 5.00 Å². The first-order chi connectivity index (χ1) is 4.10. The van der Waals surface area contributed by atoms with Crippen LogP contribution in [0.15, 0.2) is 23.4 Å². The Labute approximate surface area is 64.3 Å². The number of alkyl halides is 1. The Morgan fingerprint density at radius 2 is 2.33 bits per heavy atom. The van der Waals surface area contributed by atoms with Crippen LogP contribution in [0.4, 0.5) is 0 Å². The Hall–Kier alpha value is -0.140. The van der Waals surface area contributed by atoms with Gasteiger partial charge < -0.3 is 5.32 Å². The second-order valence-electron chi connectivity index (χ2n) is 2.07. The van der Waals surface area contributed by atoms with E-state index in [4.69, 9.17) is 23.2 Å². The number of dihydropyridines is 1. The van der Waals surface area contributed by atoms with E-state index in [1.54, 1.807) is 6.08 Å². The van der Waals surface area contributed by atoms with E-state index in [0.29, 0.717) is 5.16 Å². The molecule has 1 unspecified atom stereocenters. The van der Waals surface area contributed by atoms with Gasteiger partial charge in [-0.15, -0.1) is 0 Å². The predicted molar refractivity (Wildman–Crippen MR) is 40.5 cm³/mol. The molecule has 0 aromatic rings. The zero-order chi connectivity index (χ0) is 6.91. The van der Waals surface area contributed by atoms with E-state index >= 15 is 0 Å². The highest BCUT2D eigenvalue weighted by molar-refractivity contribution is 6.31. The molecule has 0 aromatic carbocycles. The minimum absolute atomic E-state index is 0.508. The van der Waals surface area contributed by atoms with Crippen molar-refractivity contribution in [3.8, 4) is 0 Å². The molecule has 1 nitrogen and oxygen atoms in total. The first-order valence-corrected chi connectivity index (χ1v) is 3.38. The third kappa shape index (κ3) is 1.92. The molecule has 1 atom stereocenters. The second-order valence-corrected chi connectivity index (χ2v) is 3.27. The minimum Gasteiger partial charge on any atom is -0.354 e. The van der Waals surface area contributed by atoms with Crippen molar-refractivity contribution in [2.45, 2.75) is 11.9 Å². The fourth-order valence-corrected chi connectivity index (χ4v) is 1.12. The molecule has 0 bridgehead atoms. The second kappa shape index (κ2) is 2.24. The third-order valence-corrected chi connectivity index (χ3v) is 1.46. The van der Waals surface area contributed by atoms with Crippen molar-refractivity contribution in [1.82, 2.24) is 5.32 Å². The van der Waals surface area contributed by atoms with Crippen molar-refractivity contribution >= 4 is 23.2 Å². The third-order valence-electron chi connectivity index (χ3n) is 1.02. The molecule has 0 saturated carbocycles. The number of hydrogen-bond acceptors (Lipinski definition) is 1. The van der Waals surface area contributed by atoms with Crippen molar-refractivity contribution in [1.29, 1.82) is 0 Å². The monoisotopic (exact) mass is 163 g/mol. The molecule has 0 fully saturated rings. The minimum atomic E-state index is -0.508. The van der Waals surface area contributed by atoms with Crippen LogP contribution in [0, 0.1) is 0 Å². The summed E-state index contributed by atoms with van der Waals surface area (Å²) in [5, 5.41) is 3.44. The van der Waals surface area contributed by atoms with Crippen LogP contribution in [0.2, 0.25) is 0 Å². The molecule has 0 aliphatic carbocycles. The lowest BCUT2D eigenvalue weighted by molar-refractivity contribution is 0.675. The molecule has 9 heavy (non-hydrogen) atoms. The lowest BCUT2D eigenvalue weighted by Gasteiger charge is -2.22. The van der Waals surface area contributed by atoms with Gasteiger partial charge in [0.1, 0.15) is 10.2 Å². The number of halogens is 2. The van der Waals surface area contributed by atoms with Gasteiger partial charge in [0, 0.05) is 0 Å². The van der Waals surface area contributed by atoms with Gasteiger partial charge >= 0.3 is 0 Å². The maximum absolute atomic E-state index is 5.84. The van der Waals surface area contributed by atoms with Gasteiger partial charge in [-0.3, -0.25) is 0 Å². The summed E-state index contributed by atoms with van der Waals surface area (Å²) < 4.78 is 0. The van der Waals surface area contributed by atoms with E-state index in [1.807, 2.05) is 19.1 Å². The summed E-state index contributed by atoms with van der Waals surface area (Å²) in [4.78, 5) is -0.508. The average molecular weight is 164 g/mol. The number of nitrogens with one attached hydrogen (secondary N) is 1. The molecule has 0 amide bonds. The van der Waals surface area contributed by atoms with Gasteiger partial charge in [-0.2, -0.15) is 0 Å². The Kier molecular flexibility index (Phi) is 1.73. The summed E-state index contributed by atoms with van der Waals surface area (Å²) in [7, 11) is 0. The molecule has 3 heteroatoms. The van der Waals surface area contributed by atoms with Crippen molar-refractivity contribution in [2.75, 3.05) is 0 Å². The van der Waals surface area contributed by atoms with Crippen LogP contribution in [-0.2, 0) is 0 Å². The standard InChI is InChI=1S/C6H7Cl2N/c1-6(8)4-2-3-5(7)9-6/h2-4,9H,1H3. The zero-order valence-corrected chi connectivity index (χ0v) is 6.50. The van der Waals surface area contributed by atoms with Crippen LogP contribution in [0.1, 0.15) is 6.92 Å². The lowest BCUT2D eigenvalue weighted by atomic mass is 10.2. The van der Waals surface area contributed by atoms with Gasteiger partial charge in [-0.25, -0.2) is 0 Å². The van der Waals surface area contributed by atoms with Gasteiger partial charge in [-0.05, 0) is 19.1 Å². The summed E-state index contributed by atoms with van der Waals surface area (Å²) in [6, 6.07) is 0. The van der Waals surface area contributed by atoms with Crippen molar-refractivity contribution < 1.29 is 0 Å². The molecule has 0 saturated heterocycles. The van der Waals surface area contributed by atoms with Crippen LogP contribution in [0.3, 0.4) is 0 Å². The molecule has 1 N–H and O–H groups in total. The number of hydrogen-bond donors (Lipinski definition) is 1. The Bertz CT molecular complexity index is 170. The zero-order valence-electron chi connectivity index (χ0n) is 4.99. The largest absolute Gasteiger partial charge is 0.354 e. The van der Waals surface area contributed by atoms with Crippen LogP contribution < -0.4 is 5.32 Å². The topological polar surface area (TPSA) is 12.0 Å². The van der Waals surface area contributed by atoms with Gasteiger partial charge in [0.25, 0.3) is 0 Å². The van der Waals surface area contributed by atoms with Gasteiger partial charge in [0.05, 0.1) is 0 Å². The highest BCUT2D eigenvalue weighted by atomic mass is 35.5. The molecule has 1 heterocycles. The maximum atomic E-state index is 5.84. The average Bonchev–Trinajstić information content (AvgIpc) is 1.60. The summed E-state index contributed by atoms with van der Waals surface area (Å²) in [5.74, 6) is 0. The Morgan fingerprint density at radius 1 is 1.67 bits per heavy atom. The molecular formula is C6H7Cl2N. The summed E-state index contributed by atoms with van der Waals surface area (Å²) in [6.45, 7) is 1.83. The fourth-order valence-electron chi connectivity index (χ4n) is 0.630. The highest BCUT2D eigenvalue weighted by Crippen LogP contribution is 2.19. The SMILES string of the molecule is CC1(Cl)C=CC=C(Cl)N1. The first-order valence-electron chi connectivity index (χ1n) is 2.62. The summed E-state index contributed by atoms with van der Waals surface area (Å²) >= 11 is 11.5. The molecule has 1 aliphatic heterocycles. The predicted octanol–water partition coefficient (Wildman–Crippen LogP) is 2.18. The molecule has 0 aromatic heterocycles. The van der Waals surface area contributed by atoms with E-state index in [-0.39, 0.29) is 0 Å². The normalized spacial score (nSPS) is 33.4. The maximum Gasteiger partial charge on any atom is 0.129 e. The van der Waals surface area contributed by atoms with Crippen LogP contribution in [-0.4, -0.2) is 5.00 Å². The highest BCUT2D eigenvalue weighted by Gasteiger charge is 2.17. The number of rotatable bonds is 0. The molecule has 1 rings (SSSR count). The van der Waals surface area contributed by atoms with Gasteiger partial charge in [0.2, 0.25) is 0 Å². The van der Waals surface area contributed by atoms with E-state index in [1.165, 1.54) is 0 Å². The van der Waals surface area contributed by atoms with Gasteiger partial charge in [-0.1, -0.05) is 29.3 Å². The van der Waals surface area contributed by atoms with Gasteiger partial charge in [0.15, 0.2) is 0 Å². The molecule has 0 radical (unpaired) electrons. The van der Waals surface area contributed by atoms with Crippen LogP contribution in [0.5, 0.6) is 0 Å². The lowest BCUT2D eigenvalue weighted by Crippen LogP contribution is -2.33. The smallest absolute Gasteiger partial charge is 0.129 e. The molecule has 0 spiro atoms. The first kappa shape index (κ1) is 6.97. The fraction of sp³-hybridized carbons (Fsp3) is 0.333. The van der Waals surface area contributed by atoms with E-state index in [2.05, 4.69) is 5.32 Å². The van der Waals surface area contributed by atoms with Crippen molar-refractivity contribution in [3.05, 3.63) is 23.4 Å². The van der Waals surface area contributed by atoms with Crippen molar-refractivity contribution in [3.63, 3.8) is 0 Å². The van der Waals surface area contributed by atoms with Crippen LogP contribution >= 0.6 is 23.2 Å². The Balaban J connectivity index is 2.73. The van der Waals surface area contributed by atoms with E-state index in [9.17, 15) is 0 Å². The Morgan fingerprint density at radius 3 is 2.67 bits per heavy atom. The number of allylic oxidation sites excluding steroid dienone is 2. The van der Waals surface area contributed by atoms with Crippen LogP contribution in [0.25, 0.3) is 0 Å². The van der Waals surface area contributed by atoms with Crippen molar-refractivity contribution in [2.24, 2.45) is 0 Å². The molecule has 1 aliphatic rings. The van der Waals surface area contributed by atoms with E-state index in [0.717, 1.165) is 0 Å². The quantitative estimate of drug-likeness (QED) is 0.427. The molecular weight excluding hydrogens is 157 g/mol. The molecule has 50 valence electrons. The summed E-state index contributed by atoms with van der Waals surface area (Å²) in [5.41, 5.74) is 0. The summed E-state index contributed by atoms with van der Waals surface area (Å²) in [6.07, 6.45) is 5.41.